The maximum atomic E-state index is 12.8. The average Bonchev–Trinajstić information content (AvgIpc) is 3.27. The molecule has 1 atom stereocenters. The van der Waals surface area contributed by atoms with Crippen molar-refractivity contribution in [3.05, 3.63) is 59.5 Å². The van der Waals surface area contributed by atoms with Gasteiger partial charge in [0, 0.05) is 32.7 Å². The Bertz CT molecular complexity index is 870. The number of hydrogen-bond donors (Lipinski definition) is 1. The molecule has 2 aromatic rings. The van der Waals surface area contributed by atoms with Crippen molar-refractivity contribution in [2.45, 2.75) is 38.0 Å². The fourth-order valence-electron chi connectivity index (χ4n) is 4.31. The van der Waals surface area contributed by atoms with Gasteiger partial charge in [-0.2, -0.15) is 0 Å². The van der Waals surface area contributed by atoms with E-state index >= 15 is 0 Å². The predicted octanol–water partition coefficient (Wildman–Crippen LogP) is 2.21. The van der Waals surface area contributed by atoms with Gasteiger partial charge in [-0.1, -0.05) is 29.8 Å². The van der Waals surface area contributed by atoms with Crippen molar-refractivity contribution in [1.82, 2.24) is 15.1 Å². The number of ether oxygens (including phenoxy) is 1. The Kier molecular flexibility index (Phi) is 5.92. The fraction of sp³-hybridized carbons (Fsp3) is 0.478. The number of rotatable bonds is 4. The molecule has 1 N–H and O–H groups in total. The number of furan rings is 1. The van der Waals surface area contributed by atoms with Gasteiger partial charge in [0.05, 0.1) is 11.9 Å². The molecule has 1 aromatic carbocycles. The molecule has 30 heavy (non-hydrogen) atoms. The van der Waals surface area contributed by atoms with Gasteiger partial charge in [0.25, 0.3) is 11.8 Å². The molecule has 3 heterocycles. The Balaban J connectivity index is 1.34. The van der Waals surface area contributed by atoms with E-state index in [-0.39, 0.29) is 11.8 Å². The zero-order valence-electron chi connectivity index (χ0n) is 17.6. The molecular weight excluding hydrogens is 382 g/mol. The maximum Gasteiger partial charge on any atom is 0.289 e. The number of nitrogens with zero attached hydrogens (tertiary/aromatic N) is 2. The van der Waals surface area contributed by atoms with Crippen molar-refractivity contribution in [2.24, 2.45) is 0 Å². The number of piperidine rings is 1. The highest BCUT2D eigenvalue weighted by molar-refractivity contribution is 5.91. The van der Waals surface area contributed by atoms with Crippen LogP contribution in [0.1, 0.15) is 34.5 Å². The van der Waals surface area contributed by atoms with E-state index in [1.165, 1.54) is 11.8 Å². The molecule has 2 amide bonds. The lowest BCUT2D eigenvalue weighted by molar-refractivity contribution is -0.180. The second-order valence-corrected chi connectivity index (χ2v) is 8.46. The van der Waals surface area contributed by atoms with Crippen LogP contribution in [0.5, 0.6) is 0 Å². The average molecular weight is 412 g/mol. The number of likely N-dealkylation sites (tertiary alicyclic amines) is 1. The first-order valence-corrected chi connectivity index (χ1v) is 10.5. The number of carbonyl (C=O) groups is 2. The fourth-order valence-corrected chi connectivity index (χ4v) is 4.31. The van der Waals surface area contributed by atoms with Crippen LogP contribution in [-0.2, 0) is 16.1 Å². The first kappa shape index (κ1) is 20.6. The first-order chi connectivity index (χ1) is 14.4. The lowest BCUT2D eigenvalue weighted by atomic mass is 9.88. The summed E-state index contributed by atoms with van der Waals surface area (Å²) in [4.78, 5) is 29.3. The highest BCUT2D eigenvalue weighted by Crippen LogP contribution is 2.32. The van der Waals surface area contributed by atoms with E-state index in [1.807, 2.05) is 38.2 Å². The van der Waals surface area contributed by atoms with E-state index in [1.54, 1.807) is 17.0 Å². The number of aryl methyl sites for hydroxylation is 1. The van der Waals surface area contributed by atoms with Crippen LogP contribution in [0.15, 0.2) is 47.1 Å². The number of nitrogens with one attached hydrogen (secondary N) is 1. The first-order valence-electron chi connectivity index (χ1n) is 10.5. The number of amides is 2. The zero-order valence-corrected chi connectivity index (χ0v) is 17.6. The van der Waals surface area contributed by atoms with Crippen LogP contribution >= 0.6 is 0 Å². The molecule has 2 saturated heterocycles. The Labute approximate surface area is 177 Å². The van der Waals surface area contributed by atoms with E-state index in [9.17, 15) is 9.59 Å². The van der Waals surface area contributed by atoms with Crippen molar-refractivity contribution >= 4 is 11.8 Å². The van der Waals surface area contributed by atoms with E-state index < -0.39 is 11.7 Å². The summed E-state index contributed by atoms with van der Waals surface area (Å²) in [6, 6.07) is 11.5. The summed E-state index contributed by atoms with van der Waals surface area (Å²) < 4.78 is 11.6. The normalized spacial score (nSPS) is 21.5. The smallest absolute Gasteiger partial charge is 0.289 e. The molecule has 4 rings (SSSR count). The number of carbonyl (C=O) groups excluding carboxylic acids is 2. The van der Waals surface area contributed by atoms with Gasteiger partial charge in [0.1, 0.15) is 6.10 Å². The van der Waals surface area contributed by atoms with Crippen LogP contribution in [0.3, 0.4) is 0 Å². The molecule has 7 heteroatoms. The highest BCUT2D eigenvalue weighted by atomic mass is 16.5. The summed E-state index contributed by atoms with van der Waals surface area (Å²) in [5, 5.41) is 3.01. The number of hydrogen-bond acceptors (Lipinski definition) is 5. The molecule has 2 aliphatic rings. The second kappa shape index (κ2) is 8.62. The summed E-state index contributed by atoms with van der Waals surface area (Å²) in [6.45, 7) is 5.03. The molecule has 0 aliphatic carbocycles. The third-order valence-corrected chi connectivity index (χ3v) is 6.00. The third kappa shape index (κ3) is 4.57. The Morgan fingerprint density at radius 2 is 1.90 bits per heavy atom. The van der Waals surface area contributed by atoms with Crippen LogP contribution in [0.4, 0.5) is 0 Å². The minimum Gasteiger partial charge on any atom is -0.459 e. The van der Waals surface area contributed by atoms with E-state index in [0.29, 0.717) is 44.8 Å². The number of likely N-dealkylation sites (N-methyl/N-ethyl adjacent to an activating group) is 1. The summed E-state index contributed by atoms with van der Waals surface area (Å²) in [5.41, 5.74) is 1.86. The van der Waals surface area contributed by atoms with Crippen LogP contribution in [0.2, 0.25) is 0 Å². The van der Waals surface area contributed by atoms with Crippen molar-refractivity contribution < 1.29 is 18.7 Å². The molecule has 1 aromatic heterocycles. The largest absolute Gasteiger partial charge is 0.459 e. The minimum absolute atomic E-state index is 0.0874. The molecule has 2 aliphatic heterocycles. The zero-order chi connectivity index (χ0) is 21.1. The lowest BCUT2D eigenvalue weighted by Gasteiger charge is -2.48. The monoisotopic (exact) mass is 411 g/mol. The Hall–Kier alpha value is -2.64. The van der Waals surface area contributed by atoms with Gasteiger partial charge in [-0.15, -0.1) is 0 Å². The summed E-state index contributed by atoms with van der Waals surface area (Å²) >= 11 is 0. The molecule has 1 unspecified atom stereocenters. The van der Waals surface area contributed by atoms with Gasteiger partial charge in [0.15, 0.2) is 5.76 Å². The molecule has 7 nitrogen and oxygen atoms in total. The van der Waals surface area contributed by atoms with Crippen molar-refractivity contribution in [3.63, 3.8) is 0 Å². The quantitative estimate of drug-likeness (QED) is 0.835. The predicted molar refractivity (Wildman–Crippen MR) is 112 cm³/mol. The van der Waals surface area contributed by atoms with Crippen LogP contribution in [0.25, 0.3) is 0 Å². The Morgan fingerprint density at radius 1 is 1.17 bits per heavy atom. The molecule has 0 saturated carbocycles. The van der Waals surface area contributed by atoms with E-state index in [2.05, 4.69) is 10.2 Å². The molecule has 1 spiro atoms. The summed E-state index contributed by atoms with van der Waals surface area (Å²) in [5.74, 6) is 0.183. The number of morpholine rings is 1. The van der Waals surface area contributed by atoms with Gasteiger partial charge >= 0.3 is 0 Å². The second-order valence-electron chi connectivity index (χ2n) is 8.46. The highest BCUT2D eigenvalue weighted by Gasteiger charge is 2.44. The van der Waals surface area contributed by atoms with Gasteiger partial charge in [0.2, 0.25) is 0 Å². The number of benzene rings is 1. The van der Waals surface area contributed by atoms with Gasteiger partial charge in [-0.3, -0.25) is 9.59 Å². The third-order valence-electron chi connectivity index (χ3n) is 6.00. The van der Waals surface area contributed by atoms with E-state index in [0.717, 1.165) is 12.1 Å². The van der Waals surface area contributed by atoms with Crippen molar-refractivity contribution in [3.8, 4) is 0 Å². The molecule has 160 valence electrons. The molecule has 0 radical (unpaired) electrons. The van der Waals surface area contributed by atoms with Crippen molar-refractivity contribution in [1.29, 1.82) is 0 Å². The summed E-state index contributed by atoms with van der Waals surface area (Å²) in [6.07, 6.45) is 2.40. The summed E-state index contributed by atoms with van der Waals surface area (Å²) in [7, 11) is 2.02. The van der Waals surface area contributed by atoms with Crippen LogP contribution in [0, 0.1) is 6.92 Å². The van der Waals surface area contributed by atoms with Crippen LogP contribution < -0.4 is 5.32 Å². The minimum atomic E-state index is -0.512. The Morgan fingerprint density at radius 3 is 2.57 bits per heavy atom. The van der Waals surface area contributed by atoms with Crippen molar-refractivity contribution in [2.75, 3.05) is 33.2 Å². The maximum absolute atomic E-state index is 12.8. The SMILES string of the molecule is Cc1ccc(CNC(=O)C2CN(C)CC3(CCN(C(=O)c4ccco4)CC3)O2)cc1. The molecule has 0 bridgehead atoms. The van der Waals surface area contributed by atoms with Gasteiger partial charge in [-0.25, -0.2) is 0 Å². The van der Waals surface area contributed by atoms with Crippen LogP contribution in [-0.4, -0.2) is 66.5 Å². The standard InChI is InChI=1S/C23H29N3O4/c1-17-5-7-18(8-6-17)14-24-21(27)20-15-25(2)16-23(30-20)9-11-26(12-10-23)22(28)19-4-3-13-29-19/h3-8,13,20H,9-12,14-16H2,1-2H3,(H,24,27). The topological polar surface area (TPSA) is 75.0 Å². The molecule has 2 fully saturated rings. The van der Waals surface area contributed by atoms with E-state index in [4.69, 9.17) is 9.15 Å². The van der Waals surface area contributed by atoms with Gasteiger partial charge in [-0.05, 0) is 44.5 Å². The molecular formula is C23H29N3O4. The van der Waals surface area contributed by atoms with Gasteiger partial charge < -0.3 is 24.3 Å². The lowest BCUT2D eigenvalue weighted by Crippen LogP contribution is -2.61.